The van der Waals surface area contributed by atoms with Crippen LogP contribution in [-0.2, 0) is 4.74 Å². The number of ether oxygens (including phenoxy) is 1. The van der Waals surface area contributed by atoms with Crippen molar-refractivity contribution < 1.29 is 23.4 Å². The molecule has 2 heterocycles. The second-order valence-electron chi connectivity index (χ2n) is 5.51. The van der Waals surface area contributed by atoms with Crippen molar-refractivity contribution in [2.24, 2.45) is 0 Å². The summed E-state index contributed by atoms with van der Waals surface area (Å²) in [6.45, 7) is 0.958. The van der Waals surface area contributed by atoms with E-state index in [-0.39, 0.29) is 24.5 Å². The number of amides is 1. The van der Waals surface area contributed by atoms with Crippen LogP contribution in [-0.4, -0.2) is 55.1 Å². The first-order valence-corrected chi connectivity index (χ1v) is 8.66. The Hall–Kier alpha value is -1.54. The number of carbonyl (C=O) groups is 1. The van der Waals surface area contributed by atoms with Crippen LogP contribution in [0, 0.1) is 11.6 Å². The normalized spacial score (nSPS) is 22.2. The average molecular weight is 344 g/mol. The Morgan fingerprint density at radius 1 is 1.26 bits per heavy atom. The second-order valence-corrected chi connectivity index (χ2v) is 6.73. The molecule has 1 N–H and O–H groups in total. The van der Waals surface area contributed by atoms with Crippen molar-refractivity contribution in [1.82, 2.24) is 0 Å². The van der Waals surface area contributed by atoms with Gasteiger partial charge in [-0.3, -0.25) is 4.90 Å². The number of rotatable bonds is 3. The zero-order valence-corrected chi connectivity index (χ0v) is 13.3. The highest BCUT2D eigenvalue weighted by Gasteiger charge is 2.33. The monoisotopic (exact) mass is 344 g/mol. The number of cyclic esters (lactones) is 1. The summed E-state index contributed by atoms with van der Waals surface area (Å²) < 4.78 is 33.8. The molecule has 2 saturated heterocycles. The van der Waals surface area contributed by atoms with E-state index in [4.69, 9.17) is 9.84 Å². The molecule has 0 aromatic heterocycles. The molecule has 8 heteroatoms. The number of benzene rings is 1. The van der Waals surface area contributed by atoms with Crippen molar-refractivity contribution in [2.75, 3.05) is 47.5 Å². The number of halogens is 2. The number of aliphatic hydroxyl groups is 1. The van der Waals surface area contributed by atoms with Gasteiger partial charge in [-0.25, -0.2) is 13.6 Å². The Morgan fingerprint density at radius 3 is 2.65 bits per heavy atom. The van der Waals surface area contributed by atoms with Crippen LogP contribution in [0.3, 0.4) is 0 Å². The maximum atomic E-state index is 14.5. The summed E-state index contributed by atoms with van der Waals surface area (Å²) in [7, 11) is 0. The van der Waals surface area contributed by atoms with E-state index in [1.807, 2.05) is 0 Å². The maximum absolute atomic E-state index is 14.5. The third kappa shape index (κ3) is 3.37. The Labute approximate surface area is 137 Å². The smallest absolute Gasteiger partial charge is 0.414 e. The number of hydrogen-bond donors (Lipinski definition) is 1. The van der Waals surface area contributed by atoms with Crippen molar-refractivity contribution in [3.63, 3.8) is 0 Å². The molecule has 2 aliphatic heterocycles. The van der Waals surface area contributed by atoms with Crippen LogP contribution in [0.2, 0.25) is 0 Å². The van der Waals surface area contributed by atoms with Crippen molar-refractivity contribution in [3.8, 4) is 0 Å². The van der Waals surface area contributed by atoms with Gasteiger partial charge in [-0.2, -0.15) is 11.8 Å². The Bertz CT molecular complexity index is 571. The third-order valence-corrected chi connectivity index (χ3v) is 4.98. The molecule has 1 aromatic rings. The van der Waals surface area contributed by atoms with E-state index in [0.717, 1.165) is 35.0 Å². The van der Waals surface area contributed by atoms with E-state index < -0.39 is 23.8 Å². The summed E-state index contributed by atoms with van der Waals surface area (Å²) in [5, 5.41) is 9.04. The first-order chi connectivity index (χ1) is 11.1. The molecule has 2 fully saturated rings. The van der Waals surface area contributed by atoms with Gasteiger partial charge in [-0.15, -0.1) is 0 Å². The van der Waals surface area contributed by atoms with Crippen LogP contribution < -0.4 is 9.80 Å². The fraction of sp³-hybridized carbons (Fsp3) is 0.533. The highest BCUT2D eigenvalue weighted by molar-refractivity contribution is 7.99. The average Bonchev–Trinajstić information content (AvgIpc) is 2.71. The topological polar surface area (TPSA) is 53.0 Å². The van der Waals surface area contributed by atoms with E-state index in [0.29, 0.717) is 13.1 Å². The van der Waals surface area contributed by atoms with Gasteiger partial charge in [-0.05, 0) is 12.2 Å². The van der Waals surface area contributed by atoms with Gasteiger partial charge in [0.25, 0.3) is 0 Å². The van der Waals surface area contributed by atoms with Crippen LogP contribution in [0.15, 0.2) is 12.1 Å². The lowest BCUT2D eigenvalue weighted by molar-refractivity contribution is 0.0963. The van der Waals surface area contributed by atoms with E-state index in [1.165, 1.54) is 0 Å². The number of nitrogens with zero attached hydrogens (tertiary/aromatic N) is 2. The predicted molar refractivity (Wildman–Crippen MR) is 85.2 cm³/mol. The quantitative estimate of drug-likeness (QED) is 0.911. The van der Waals surface area contributed by atoms with Gasteiger partial charge < -0.3 is 14.7 Å². The van der Waals surface area contributed by atoms with E-state index in [9.17, 15) is 13.6 Å². The van der Waals surface area contributed by atoms with Crippen LogP contribution >= 0.6 is 11.8 Å². The van der Waals surface area contributed by atoms with E-state index >= 15 is 0 Å². The van der Waals surface area contributed by atoms with Crippen LogP contribution in [0.5, 0.6) is 0 Å². The number of aliphatic hydroxyl groups excluding tert-OH is 1. The van der Waals surface area contributed by atoms with Crippen LogP contribution in [0.4, 0.5) is 25.0 Å². The fourth-order valence-electron chi connectivity index (χ4n) is 2.81. The molecule has 5 nitrogen and oxygen atoms in total. The molecule has 3 rings (SSSR count). The van der Waals surface area contributed by atoms with Gasteiger partial charge in [0, 0.05) is 31.0 Å². The third-order valence-electron chi connectivity index (χ3n) is 3.93. The summed E-state index contributed by atoms with van der Waals surface area (Å²) in [6.07, 6.45) is -0.500. The second kappa shape index (κ2) is 6.92. The first-order valence-electron chi connectivity index (χ1n) is 7.51. The zero-order chi connectivity index (χ0) is 16.4. The largest absolute Gasteiger partial charge is 0.441 e. The SMILES string of the molecule is O=C1OC(CO)CN1c1cc(F)c(N2CCCSCC2)c(F)c1. The standard InChI is InChI=1S/C15H18F2N2O3S/c16-12-6-10(19-8-11(9-20)22-15(19)21)7-13(17)14(12)18-2-1-4-23-5-3-18/h6-7,11,20H,1-5,8-9H2. The van der Waals surface area contributed by atoms with Crippen molar-refractivity contribution >= 4 is 29.2 Å². The van der Waals surface area contributed by atoms with Crippen molar-refractivity contribution in [1.29, 1.82) is 0 Å². The number of thioether (sulfide) groups is 1. The van der Waals surface area contributed by atoms with Gasteiger partial charge in [-0.1, -0.05) is 0 Å². The Balaban J connectivity index is 1.87. The van der Waals surface area contributed by atoms with Crippen LogP contribution in [0.1, 0.15) is 6.42 Å². The van der Waals surface area contributed by atoms with Crippen molar-refractivity contribution in [3.05, 3.63) is 23.8 Å². The van der Waals surface area contributed by atoms with Gasteiger partial charge >= 0.3 is 6.09 Å². The lowest BCUT2D eigenvalue weighted by Crippen LogP contribution is -2.29. The molecule has 23 heavy (non-hydrogen) atoms. The molecule has 1 amide bonds. The molecular formula is C15H18F2N2O3S. The van der Waals surface area contributed by atoms with Gasteiger partial charge in [0.2, 0.25) is 0 Å². The Morgan fingerprint density at radius 2 is 2.00 bits per heavy atom. The number of hydrogen-bond acceptors (Lipinski definition) is 5. The minimum atomic E-state index is -0.707. The minimum Gasteiger partial charge on any atom is -0.441 e. The Kier molecular flexibility index (Phi) is 4.91. The maximum Gasteiger partial charge on any atom is 0.414 e. The lowest BCUT2D eigenvalue weighted by Gasteiger charge is -2.24. The van der Waals surface area contributed by atoms with E-state index in [1.54, 1.807) is 16.7 Å². The summed E-state index contributed by atoms with van der Waals surface area (Å²) in [4.78, 5) is 14.6. The molecule has 0 aliphatic carbocycles. The highest BCUT2D eigenvalue weighted by Crippen LogP contribution is 2.31. The molecule has 0 radical (unpaired) electrons. The molecule has 0 bridgehead atoms. The lowest BCUT2D eigenvalue weighted by atomic mass is 10.2. The van der Waals surface area contributed by atoms with Crippen LogP contribution in [0.25, 0.3) is 0 Å². The molecule has 1 aromatic carbocycles. The minimum absolute atomic E-state index is 0.0393. The fourth-order valence-corrected chi connectivity index (χ4v) is 3.69. The van der Waals surface area contributed by atoms with Crippen molar-refractivity contribution in [2.45, 2.75) is 12.5 Å². The number of carbonyl (C=O) groups excluding carboxylic acids is 1. The summed E-state index contributed by atoms with van der Waals surface area (Å²) in [5.74, 6) is 0.441. The van der Waals surface area contributed by atoms with Gasteiger partial charge in [0.05, 0.1) is 18.8 Å². The predicted octanol–water partition coefficient (Wildman–Crippen LogP) is 2.23. The summed E-state index contributed by atoms with van der Waals surface area (Å²) >= 11 is 1.77. The molecule has 2 aliphatic rings. The van der Waals surface area contributed by atoms with E-state index in [2.05, 4.69) is 0 Å². The molecule has 1 unspecified atom stereocenters. The summed E-state index contributed by atoms with van der Waals surface area (Å²) in [6, 6.07) is 2.30. The molecule has 0 saturated carbocycles. The van der Waals surface area contributed by atoms with Gasteiger partial charge in [0.15, 0.2) is 11.6 Å². The first kappa shape index (κ1) is 16.3. The zero-order valence-electron chi connectivity index (χ0n) is 12.5. The molecule has 0 spiro atoms. The highest BCUT2D eigenvalue weighted by atomic mass is 32.2. The van der Waals surface area contributed by atoms with Gasteiger partial charge in [0.1, 0.15) is 11.8 Å². The summed E-state index contributed by atoms with van der Waals surface area (Å²) in [5.41, 5.74) is 0.0661. The molecule has 1 atom stereocenters. The molecular weight excluding hydrogens is 326 g/mol. The molecule has 126 valence electrons. The number of anilines is 2.